The van der Waals surface area contributed by atoms with Crippen LogP contribution in [-0.2, 0) is 11.4 Å². The van der Waals surface area contributed by atoms with E-state index in [0.29, 0.717) is 18.7 Å². The van der Waals surface area contributed by atoms with Crippen LogP contribution in [0, 0.1) is 0 Å². The molecule has 0 aliphatic heterocycles. The van der Waals surface area contributed by atoms with Gasteiger partial charge in [0.15, 0.2) is 5.58 Å². The lowest BCUT2D eigenvalue weighted by atomic mass is 10.3. The van der Waals surface area contributed by atoms with Crippen molar-refractivity contribution >= 4 is 16.8 Å². The Hall–Kier alpha value is -2.04. The van der Waals surface area contributed by atoms with E-state index in [1.54, 1.807) is 6.07 Å². The normalized spacial score (nSPS) is 10.5. The van der Waals surface area contributed by atoms with Crippen LogP contribution < -0.4 is 5.76 Å². The lowest BCUT2D eigenvalue weighted by Gasteiger charge is -2.01. The van der Waals surface area contributed by atoms with E-state index in [1.807, 2.05) is 32.0 Å². The maximum atomic E-state index is 11.6. The molecule has 1 aromatic carbocycles. The monoisotopic (exact) mass is 234 g/mol. The number of para-hydroxylation sites is 2. The van der Waals surface area contributed by atoms with E-state index in [2.05, 4.69) is 5.16 Å². The van der Waals surface area contributed by atoms with Crippen LogP contribution in [0.1, 0.15) is 13.8 Å². The van der Waals surface area contributed by atoms with E-state index in [4.69, 9.17) is 9.25 Å². The van der Waals surface area contributed by atoms with Gasteiger partial charge in [-0.1, -0.05) is 17.3 Å². The molecular weight excluding hydrogens is 220 g/mol. The van der Waals surface area contributed by atoms with E-state index >= 15 is 0 Å². The van der Waals surface area contributed by atoms with Gasteiger partial charge in [0, 0.05) is 0 Å². The lowest BCUT2D eigenvalue weighted by Crippen LogP contribution is -2.16. The third kappa shape index (κ3) is 2.55. The zero-order valence-electron chi connectivity index (χ0n) is 9.84. The molecule has 0 N–H and O–H groups in total. The second-order valence-corrected chi connectivity index (χ2v) is 3.86. The number of fused-ring (bicyclic) bond motifs is 1. The minimum Gasteiger partial charge on any atom is -0.408 e. The summed E-state index contributed by atoms with van der Waals surface area (Å²) in [5.41, 5.74) is 2.21. The SMILES string of the molecule is CC(C)=NOCCn1c(=O)oc2ccccc21. The van der Waals surface area contributed by atoms with E-state index in [9.17, 15) is 4.79 Å². The van der Waals surface area contributed by atoms with Gasteiger partial charge in [-0.15, -0.1) is 0 Å². The Morgan fingerprint density at radius 1 is 1.41 bits per heavy atom. The maximum Gasteiger partial charge on any atom is 0.420 e. The molecule has 17 heavy (non-hydrogen) atoms. The predicted molar refractivity (Wildman–Crippen MR) is 65.2 cm³/mol. The molecule has 5 nitrogen and oxygen atoms in total. The van der Waals surface area contributed by atoms with Crippen molar-refractivity contribution in [1.29, 1.82) is 0 Å². The van der Waals surface area contributed by atoms with Crippen LogP contribution in [0.2, 0.25) is 0 Å². The Balaban J connectivity index is 2.16. The van der Waals surface area contributed by atoms with Crippen molar-refractivity contribution < 1.29 is 9.25 Å². The molecule has 0 saturated heterocycles. The van der Waals surface area contributed by atoms with Gasteiger partial charge in [-0.05, 0) is 26.0 Å². The molecule has 0 bridgehead atoms. The van der Waals surface area contributed by atoms with Crippen LogP contribution in [0.15, 0.2) is 38.6 Å². The first-order valence-corrected chi connectivity index (χ1v) is 5.40. The first-order chi connectivity index (χ1) is 8.18. The molecule has 0 saturated carbocycles. The van der Waals surface area contributed by atoms with E-state index < -0.39 is 0 Å². The lowest BCUT2D eigenvalue weighted by molar-refractivity contribution is 0.134. The van der Waals surface area contributed by atoms with Crippen molar-refractivity contribution in [3.05, 3.63) is 34.8 Å². The highest BCUT2D eigenvalue weighted by molar-refractivity contribution is 5.78. The van der Waals surface area contributed by atoms with Crippen LogP contribution in [-0.4, -0.2) is 16.9 Å². The average molecular weight is 234 g/mol. The fourth-order valence-electron chi connectivity index (χ4n) is 1.53. The third-order valence-corrected chi connectivity index (χ3v) is 2.23. The summed E-state index contributed by atoms with van der Waals surface area (Å²) in [7, 11) is 0. The number of hydrogen-bond donors (Lipinski definition) is 0. The number of aromatic nitrogens is 1. The van der Waals surface area contributed by atoms with E-state index in [1.165, 1.54) is 4.57 Å². The highest BCUT2D eigenvalue weighted by atomic mass is 16.6. The largest absolute Gasteiger partial charge is 0.420 e. The van der Waals surface area contributed by atoms with Gasteiger partial charge >= 0.3 is 5.76 Å². The molecule has 5 heteroatoms. The summed E-state index contributed by atoms with van der Waals surface area (Å²) in [5, 5.41) is 3.80. The standard InChI is InChI=1S/C12H14N2O3/c1-9(2)13-16-8-7-14-10-5-3-4-6-11(10)17-12(14)15/h3-6H,7-8H2,1-2H3. The number of benzene rings is 1. The predicted octanol–water partition coefficient (Wildman–Crippen LogP) is 2.01. The highest BCUT2D eigenvalue weighted by Gasteiger charge is 2.07. The molecular formula is C12H14N2O3. The molecule has 0 radical (unpaired) electrons. The maximum absolute atomic E-state index is 11.6. The van der Waals surface area contributed by atoms with Crippen molar-refractivity contribution in [2.45, 2.75) is 20.4 Å². The quantitative estimate of drug-likeness (QED) is 0.462. The van der Waals surface area contributed by atoms with Crippen molar-refractivity contribution in [3.63, 3.8) is 0 Å². The minimum atomic E-state index is -0.369. The summed E-state index contributed by atoms with van der Waals surface area (Å²) >= 11 is 0. The van der Waals surface area contributed by atoms with E-state index in [-0.39, 0.29) is 5.76 Å². The molecule has 0 atom stereocenters. The third-order valence-electron chi connectivity index (χ3n) is 2.23. The first kappa shape index (κ1) is 11.4. The zero-order valence-corrected chi connectivity index (χ0v) is 9.84. The molecule has 1 aromatic heterocycles. The molecule has 90 valence electrons. The van der Waals surface area contributed by atoms with Gasteiger partial charge in [-0.2, -0.15) is 0 Å². The molecule has 0 fully saturated rings. The summed E-state index contributed by atoms with van der Waals surface area (Å²) in [5.74, 6) is -0.369. The molecule has 1 heterocycles. The van der Waals surface area contributed by atoms with Gasteiger partial charge in [0.25, 0.3) is 0 Å². The molecule has 0 aliphatic carbocycles. The average Bonchev–Trinajstić information content (AvgIpc) is 2.60. The Morgan fingerprint density at radius 3 is 2.94 bits per heavy atom. The van der Waals surface area contributed by atoms with Gasteiger partial charge < -0.3 is 9.25 Å². The smallest absolute Gasteiger partial charge is 0.408 e. The van der Waals surface area contributed by atoms with Gasteiger partial charge in [-0.25, -0.2) is 4.79 Å². The number of nitrogens with zero attached hydrogens (tertiary/aromatic N) is 2. The topological polar surface area (TPSA) is 56.7 Å². The van der Waals surface area contributed by atoms with Crippen molar-refractivity contribution in [2.75, 3.05) is 6.61 Å². The second kappa shape index (κ2) is 4.86. The number of rotatable bonds is 4. The zero-order chi connectivity index (χ0) is 12.3. The molecule has 0 spiro atoms. The van der Waals surface area contributed by atoms with Gasteiger partial charge in [0.1, 0.15) is 6.61 Å². The molecule has 0 aliphatic rings. The fourth-order valence-corrected chi connectivity index (χ4v) is 1.53. The van der Waals surface area contributed by atoms with E-state index in [0.717, 1.165) is 11.2 Å². The minimum absolute atomic E-state index is 0.342. The Bertz CT molecular complexity index is 591. The summed E-state index contributed by atoms with van der Waals surface area (Å²) < 4.78 is 6.63. The molecule has 2 rings (SSSR count). The second-order valence-electron chi connectivity index (χ2n) is 3.86. The van der Waals surface area contributed by atoms with Crippen molar-refractivity contribution in [1.82, 2.24) is 4.57 Å². The first-order valence-electron chi connectivity index (χ1n) is 5.40. The van der Waals surface area contributed by atoms with Crippen LogP contribution >= 0.6 is 0 Å². The van der Waals surface area contributed by atoms with Gasteiger partial charge in [-0.3, -0.25) is 4.57 Å². The van der Waals surface area contributed by atoms with Crippen LogP contribution in [0.4, 0.5) is 0 Å². The van der Waals surface area contributed by atoms with Crippen LogP contribution in [0.25, 0.3) is 11.1 Å². The summed E-state index contributed by atoms with van der Waals surface area (Å²) in [6.45, 7) is 4.46. The number of oxazole rings is 1. The Labute approximate surface area is 98.3 Å². The van der Waals surface area contributed by atoms with Gasteiger partial charge in [0.2, 0.25) is 0 Å². The van der Waals surface area contributed by atoms with Crippen LogP contribution in [0.5, 0.6) is 0 Å². The fraction of sp³-hybridized carbons (Fsp3) is 0.333. The number of oxime groups is 1. The van der Waals surface area contributed by atoms with Crippen molar-refractivity contribution in [2.24, 2.45) is 5.16 Å². The van der Waals surface area contributed by atoms with Crippen molar-refractivity contribution in [3.8, 4) is 0 Å². The summed E-state index contributed by atoms with van der Waals surface area (Å²) in [6.07, 6.45) is 0. The summed E-state index contributed by atoms with van der Waals surface area (Å²) in [6, 6.07) is 7.30. The van der Waals surface area contributed by atoms with Gasteiger partial charge in [0.05, 0.1) is 17.8 Å². The highest BCUT2D eigenvalue weighted by Crippen LogP contribution is 2.11. The Morgan fingerprint density at radius 2 is 2.18 bits per heavy atom. The van der Waals surface area contributed by atoms with Crippen LogP contribution in [0.3, 0.4) is 0 Å². The number of hydrogen-bond acceptors (Lipinski definition) is 4. The molecule has 2 aromatic rings. The Kier molecular flexibility index (Phi) is 3.27. The summed E-state index contributed by atoms with van der Waals surface area (Å²) in [4.78, 5) is 16.6. The molecule has 0 amide bonds. The molecule has 0 unspecified atom stereocenters.